The van der Waals surface area contributed by atoms with Crippen molar-refractivity contribution in [3.8, 4) is 0 Å². The molecular formula is C21H23FN4O3. The summed E-state index contributed by atoms with van der Waals surface area (Å²) < 4.78 is 13.0. The molecule has 1 heterocycles. The van der Waals surface area contributed by atoms with Crippen LogP contribution in [0.4, 0.5) is 14.9 Å². The molecule has 1 aliphatic rings. The SMILES string of the molecule is CNC(=O)CN1C[C@@H](c2ccc(C)cc2)[C@H](NC(=O)Nc2ccc(F)cc2)C1=O. The van der Waals surface area contributed by atoms with Crippen molar-refractivity contribution in [2.45, 2.75) is 18.9 Å². The highest BCUT2D eigenvalue weighted by Gasteiger charge is 2.42. The van der Waals surface area contributed by atoms with Gasteiger partial charge in [0.2, 0.25) is 11.8 Å². The summed E-state index contributed by atoms with van der Waals surface area (Å²) in [4.78, 5) is 38.5. The van der Waals surface area contributed by atoms with Gasteiger partial charge in [-0.2, -0.15) is 0 Å². The fraction of sp³-hybridized carbons (Fsp3) is 0.286. The van der Waals surface area contributed by atoms with E-state index in [0.717, 1.165) is 11.1 Å². The van der Waals surface area contributed by atoms with Crippen molar-refractivity contribution in [3.63, 3.8) is 0 Å². The highest BCUT2D eigenvalue weighted by atomic mass is 19.1. The number of hydrogen-bond donors (Lipinski definition) is 3. The molecule has 7 nitrogen and oxygen atoms in total. The predicted octanol–water partition coefficient (Wildman–Crippen LogP) is 2.00. The zero-order chi connectivity index (χ0) is 21.0. The molecule has 3 N–H and O–H groups in total. The minimum Gasteiger partial charge on any atom is -0.358 e. The molecule has 0 aromatic heterocycles. The standard InChI is InChI=1S/C21H23FN4O3/c1-13-3-5-14(6-4-13)17-11-26(12-18(27)23-2)20(28)19(17)25-21(29)24-16-9-7-15(22)8-10-16/h3-10,17,19H,11-12H2,1-2H3,(H,23,27)(H2,24,25,29)/t17-,19-/m0/s1. The lowest BCUT2D eigenvalue weighted by molar-refractivity contribution is -0.133. The Bertz CT molecular complexity index is 899. The lowest BCUT2D eigenvalue weighted by atomic mass is 9.93. The number of nitrogens with one attached hydrogen (secondary N) is 3. The third kappa shape index (κ3) is 4.90. The van der Waals surface area contributed by atoms with E-state index in [4.69, 9.17) is 0 Å². The van der Waals surface area contributed by atoms with Crippen LogP contribution in [0.25, 0.3) is 0 Å². The van der Waals surface area contributed by atoms with Gasteiger partial charge in [-0.3, -0.25) is 9.59 Å². The summed E-state index contributed by atoms with van der Waals surface area (Å²) >= 11 is 0. The van der Waals surface area contributed by atoms with Gasteiger partial charge in [-0.05, 0) is 36.8 Å². The van der Waals surface area contributed by atoms with Gasteiger partial charge in [-0.1, -0.05) is 29.8 Å². The predicted molar refractivity (Wildman–Crippen MR) is 107 cm³/mol. The van der Waals surface area contributed by atoms with E-state index in [1.807, 2.05) is 31.2 Å². The minimum absolute atomic E-state index is 0.0740. The Hall–Kier alpha value is -3.42. The molecule has 29 heavy (non-hydrogen) atoms. The molecule has 0 bridgehead atoms. The molecule has 8 heteroatoms. The second kappa shape index (κ2) is 8.72. The number of benzene rings is 2. The molecule has 0 spiro atoms. The lowest BCUT2D eigenvalue weighted by Crippen LogP contribution is -2.46. The van der Waals surface area contributed by atoms with Crippen LogP contribution in [0.3, 0.4) is 0 Å². The first kappa shape index (κ1) is 20.3. The monoisotopic (exact) mass is 398 g/mol. The largest absolute Gasteiger partial charge is 0.358 e. The number of carbonyl (C=O) groups excluding carboxylic acids is 3. The molecule has 2 aromatic rings. The van der Waals surface area contributed by atoms with Gasteiger partial charge in [0.05, 0.1) is 6.54 Å². The molecule has 0 radical (unpaired) electrons. The first-order valence-electron chi connectivity index (χ1n) is 9.26. The van der Waals surface area contributed by atoms with E-state index in [-0.39, 0.29) is 24.3 Å². The van der Waals surface area contributed by atoms with Crippen LogP contribution in [0.15, 0.2) is 48.5 Å². The molecule has 152 valence electrons. The van der Waals surface area contributed by atoms with Gasteiger partial charge in [0, 0.05) is 25.2 Å². The van der Waals surface area contributed by atoms with Crippen LogP contribution in [-0.4, -0.2) is 48.9 Å². The van der Waals surface area contributed by atoms with Crippen LogP contribution in [0.2, 0.25) is 0 Å². The lowest BCUT2D eigenvalue weighted by Gasteiger charge is -2.19. The second-order valence-electron chi connectivity index (χ2n) is 6.99. The van der Waals surface area contributed by atoms with Crippen molar-refractivity contribution >= 4 is 23.5 Å². The number of anilines is 1. The quantitative estimate of drug-likeness (QED) is 0.720. The fourth-order valence-corrected chi connectivity index (χ4v) is 3.31. The highest BCUT2D eigenvalue weighted by Crippen LogP contribution is 2.29. The summed E-state index contributed by atoms with van der Waals surface area (Å²) in [5.74, 6) is -1.32. The molecule has 0 unspecified atom stereocenters. The van der Waals surface area contributed by atoms with Crippen molar-refractivity contribution in [2.75, 3.05) is 25.5 Å². The molecule has 2 atom stereocenters. The van der Waals surface area contributed by atoms with Crippen LogP contribution in [0, 0.1) is 12.7 Å². The van der Waals surface area contributed by atoms with E-state index in [2.05, 4.69) is 16.0 Å². The van der Waals surface area contributed by atoms with Gasteiger partial charge in [-0.25, -0.2) is 9.18 Å². The molecule has 1 aliphatic heterocycles. The number of carbonyl (C=O) groups is 3. The molecule has 2 aromatic carbocycles. The summed E-state index contributed by atoms with van der Waals surface area (Å²) in [5, 5.41) is 7.81. The number of nitrogens with zero attached hydrogens (tertiary/aromatic N) is 1. The number of rotatable bonds is 5. The van der Waals surface area contributed by atoms with Gasteiger partial charge in [0.25, 0.3) is 0 Å². The highest BCUT2D eigenvalue weighted by molar-refractivity contribution is 5.96. The third-order valence-electron chi connectivity index (χ3n) is 4.90. The smallest absolute Gasteiger partial charge is 0.319 e. The number of aryl methyl sites for hydroxylation is 1. The van der Waals surface area contributed by atoms with Crippen LogP contribution in [-0.2, 0) is 9.59 Å². The van der Waals surface area contributed by atoms with Crippen LogP contribution in [0.1, 0.15) is 17.0 Å². The van der Waals surface area contributed by atoms with Gasteiger partial charge < -0.3 is 20.9 Å². The van der Waals surface area contributed by atoms with Crippen LogP contribution >= 0.6 is 0 Å². The number of urea groups is 1. The van der Waals surface area contributed by atoms with E-state index in [0.29, 0.717) is 12.2 Å². The van der Waals surface area contributed by atoms with E-state index in [9.17, 15) is 18.8 Å². The fourth-order valence-electron chi connectivity index (χ4n) is 3.31. The normalized spacial score (nSPS) is 18.4. The Morgan fingerprint density at radius 3 is 2.38 bits per heavy atom. The van der Waals surface area contributed by atoms with Gasteiger partial charge in [-0.15, -0.1) is 0 Å². The summed E-state index contributed by atoms with van der Waals surface area (Å²) in [6.07, 6.45) is 0. The maximum absolute atomic E-state index is 13.0. The average Bonchev–Trinajstić information content (AvgIpc) is 3.00. The summed E-state index contributed by atoms with van der Waals surface area (Å²) in [5.41, 5.74) is 2.39. The number of likely N-dealkylation sites (N-methyl/N-ethyl adjacent to an activating group) is 1. The maximum atomic E-state index is 13.0. The minimum atomic E-state index is -0.817. The number of amides is 4. The van der Waals surface area contributed by atoms with E-state index in [1.165, 1.54) is 36.2 Å². The molecule has 4 amide bonds. The molecule has 0 aliphatic carbocycles. The molecular weight excluding hydrogens is 375 g/mol. The van der Waals surface area contributed by atoms with Crippen molar-refractivity contribution < 1.29 is 18.8 Å². The first-order chi connectivity index (χ1) is 13.9. The van der Waals surface area contributed by atoms with Crippen molar-refractivity contribution in [1.82, 2.24) is 15.5 Å². The van der Waals surface area contributed by atoms with E-state index in [1.54, 1.807) is 0 Å². The topological polar surface area (TPSA) is 90.5 Å². The number of halogens is 1. The number of hydrogen-bond acceptors (Lipinski definition) is 3. The zero-order valence-electron chi connectivity index (χ0n) is 16.2. The molecule has 1 saturated heterocycles. The summed E-state index contributed by atoms with van der Waals surface area (Å²) in [7, 11) is 1.51. The Labute approximate surface area is 168 Å². The van der Waals surface area contributed by atoms with E-state index < -0.39 is 17.9 Å². The van der Waals surface area contributed by atoms with E-state index >= 15 is 0 Å². The molecule has 0 saturated carbocycles. The van der Waals surface area contributed by atoms with Gasteiger partial charge in [0.15, 0.2) is 0 Å². The Balaban J connectivity index is 1.78. The third-order valence-corrected chi connectivity index (χ3v) is 4.90. The summed E-state index contributed by atoms with van der Waals surface area (Å²) in [6.45, 7) is 2.21. The Morgan fingerprint density at radius 1 is 1.10 bits per heavy atom. The van der Waals surface area contributed by atoms with Crippen molar-refractivity contribution in [1.29, 1.82) is 0 Å². The zero-order valence-corrected chi connectivity index (χ0v) is 16.2. The second-order valence-corrected chi connectivity index (χ2v) is 6.99. The van der Waals surface area contributed by atoms with Crippen LogP contribution in [0.5, 0.6) is 0 Å². The van der Waals surface area contributed by atoms with Crippen LogP contribution < -0.4 is 16.0 Å². The van der Waals surface area contributed by atoms with Gasteiger partial charge in [0.1, 0.15) is 11.9 Å². The molecule has 1 fully saturated rings. The maximum Gasteiger partial charge on any atom is 0.319 e. The summed E-state index contributed by atoms with van der Waals surface area (Å²) in [6, 6.07) is 11.7. The van der Waals surface area contributed by atoms with Crippen molar-refractivity contribution in [2.24, 2.45) is 0 Å². The van der Waals surface area contributed by atoms with Gasteiger partial charge >= 0.3 is 6.03 Å². The van der Waals surface area contributed by atoms with Crippen molar-refractivity contribution in [3.05, 3.63) is 65.5 Å². The number of likely N-dealkylation sites (tertiary alicyclic amines) is 1. The Morgan fingerprint density at radius 2 is 1.76 bits per heavy atom. The average molecular weight is 398 g/mol. The first-order valence-corrected chi connectivity index (χ1v) is 9.26. The molecule has 3 rings (SSSR count). The Kier molecular flexibility index (Phi) is 6.11.